The highest BCUT2D eigenvalue weighted by molar-refractivity contribution is 7.07. The Bertz CT molecular complexity index is 1900. The lowest BCUT2D eigenvalue weighted by Crippen LogP contribution is -2.39. The monoisotopic (exact) mass is 588 g/mol. The highest BCUT2D eigenvalue weighted by Gasteiger charge is 2.34. The highest BCUT2D eigenvalue weighted by Crippen LogP contribution is 2.36. The first-order chi connectivity index (χ1) is 20.3. The molecule has 1 unspecified atom stereocenters. The Hall–Kier alpha value is -4.90. The fourth-order valence-corrected chi connectivity index (χ4v) is 5.79. The van der Waals surface area contributed by atoms with Crippen molar-refractivity contribution in [2.75, 3.05) is 27.9 Å². The summed E-state index contributed by atoms with van der Waals surface area (Å²) in [5.41, 5.74) is 2.06. The van der Waals surface area contributed by atoms with E-state index in [0.29, 0.717) is 54.7 Å². The highest BCUT2D eigenvalue weighted by atomic mass is 32.1. The van der Waals surface area contributed by atoms with E-state index in [-0.39, 0.29) is 17.7 Å². The summed E-state index contributed by atoms with van der Waals surface area (Å²) in [7, 11) is 4.37. The number of allylic oxidation sites excluding steroid dienone is 1. The van der Waals surface area contributed by atoms with Crippen molar-refractivity contribution in [2.24, 2.45) is 4.99 Å². The third-order valence-electron chi connectivity index (χ3n) is 6.71. The number of thiazole rings is 1. The maximum absolute atomic E-state index is 13.9. The molecule has 0 bridgehead atoms. The van der Waals surface area contributed by atoms with Crippen LogP contribution in [-0.4, -0.2) is 44.4 Å². The number of esters is 2. The molecule has 1 atom stereocenters. The number of rotatable bonds is 8. The van der Waals surface area contributed by atoms with Crippen molar-refractivity contribution in [2.45, 2.75) is 19.9 Å². The molecular weight excluding hydrogens is 560 g/mol. The van der Waals surface area contributed by atoms with Gasteiger partial charge in [0.1, 0.15) is 11.5 Å². The van der Waals surface area contributed by atoms with Crippen LogP contribution in [0.5, 0.6) is 11.5 Å². The Labute approximate surface area is 244 Å². The quantitative estimate of drug-likeness (QED) is 0.285. The summed E-state index contributed by atoms with van der Waals surface area (Å²) in [4.78, 5) is 44.0. The fraction of sp³-hybridized carbons (Fsp3) is 0.226. The number of carbonyl (C=O) groups excluding carboxylic acids is 2. The molecule has 2 aromatic carbocycles. The van der Waals surface area contributed by atoms with Gasteiger partial charge in [0.15, 0.2) is 16.3 Å². The van der Waals surface area contributed by atoms with E-state index < -0.39 is 18.0 Å². The van der Waals surface area contributed by atoms with Gasteiger partial charge in [0.05, 0.1) is 55.3 Å². The van der Waals surface area contributed by atoms with Gasteiger partial charge in [0, 0.05) is 11.6 Å². The molecule has 11 heteroatoms. The minimum Gasteiger partial charge on any atom is -0.493 e. The van der Waals surface area contributed by atoms with E-state index in [1.54, 1.807) is 68.5 Å². The lowest BCUT2D eigenvalue weighted by Gasteiger charge is -2.25. The van der Waals surface area contributed by atoms with Crippen molar-refractivity contribution in [3.63, 3.8) is 0 Å². The van der Waals surface area contributed by atoms with Crippen LogP contribution in [0.1, 0.15) is 41.6 Å². The van der Waals surface area contributed by atoms with Crippen molar-refractivity contribution < 1.29 is 33.0 Å². The van der Waals surface area contributed by atoms with Gasteiger partial charge in [-0.1, -0.05) is 29.5 Å². The molecule has 4 aromatic rings. The molecule has 0 radical (unpaired) electrons. The van der Waals surface area contributed by atoms with Gasteiger partial charge in [-0.25, -0.2) is 14.6 Å². The second kappa shape index (κ2) is 11.9. The predicted octanol–water partition coefficient (Wildman–Crippen LogP) is 3.86. The van der Waals surface area contributed by atoms with E-state index in [1.165, 1.54) is 37.2 Å². The van der Waals surface area contributed by atoms with Crippen LogP contribution in [0.4, 0.5) is 0 Å². The van der Waals surface area contributed by atoms with Crippen molar-refractivity contribution >= 4 is 29.4 Å². The second-order valence-corrected chi connectivity index (χ2v) is 10.2. The topological polar surface area (TPSA) is 119 Å². The van der Waals surface area contributed by atoms with Crippen molar-refractivity contribution in [1.82, 2.24) is 4.57 Å². The molecule has 1 aliphatic rings. The predicted molar refractivity (Wildman–Crippen MR) is 155 cm³/mol. The summed E-state index contributed by atoms with van der Waals surface area (Å²) in [6.07, 6.45) is 1.63. The van der Waals surface area contributed by atoms with Gasteiger partial charge in [-0.05, 0) is 55.8 Å². The van der Waals surface area contributed by atoms with Crippen molar-refractivity contribution in [1.29, 1.82) is 0 Å². The molecule has 5 rings (SSSR count). The Morgan fingerprint density at radius 1 is 1.02 bits per heavy atom. The molecule has 0 spiro atoms. The first-order valence-electron chi connectivity index (χ1n) is 13.0. The average Bonchev–Trinajstić information content (AvgIpc) is 3.59. The number of ether oxygens (including phenoxy) is 4. The Morgan fingerprint density at radius 3 is 2.52 bits per heavy atom. The number of furan rings is 1. The van der Waals surface area contributed by atoms with Crippen LogP contribution in [0.25, 0.3) is 17.4 Å². The molecule has 0 aliphatic carbocycles. The third kappa shape index (κ3) is 5.26. The summed E-state index contributed by atoms with van der Waals surface area (Å²) >= 11 is 1.18. The number of hydrogen-bond donors (Lipinski definition) is 0. The summed E-state index contributed by atoms with van der Waals surface area (Å²) in [6.45, 7) is 3.61. The molecule has 0 fully saturated rings. The molecule has 216 valence electrons. The van der Waals surface area contributed by atoms with Gasteiger partial charge < -0.3 is 23.4 Å². The van der Waals surface area contributed by atoms with Crippen molar-refractivity contribution in [3.8, 4) is 22.8 Å². The number of benzene rings is 2. The average molecular weight is 589 g/mol. The van der Waals surface area contributed by atoms with Crippen LogP contribution >= 0.6 is 11.3 Å². The lowest BCUT2D eigenvalue weighted by molar-refractivity contribution is -0.139. The maximum atomic E-state index is 13.9. The number of nitrogens with zero attached hydrogens (tertiary/aromatic N) is 2. The molecule has 0 saturated carbocycles. The lowest BCUT2D eigenvalue weighted by atomic mass is 9.95. The van der Waals surface area contributed by atoms with Crippen LogP contribution in [-0.2, 0) is 14.3 Å². The largest absolute Gasteiger partial charge is 0.493 e. The van der Waals surface area contributed by atoms with Gasteiger partial charge in [-0.3, -0.25) is 9.36 Å². The number of aromatic nitrogens is 1. The van der Waals surface area contributed by atoms with E-state index in [1.807, 2.05) is 6.07 Å². The first-order valence-corrected chi connectivity index (χ1v) is 13.8. The van der Waals surface area contributed by atoms with Gasteiger partial charge in [0.25, 0.3) is 5.56 Å². The zero-order valence-corrected chi connectivity index (χ0v) is 24.4. The molecule has 1 aliphatic heterocycles. The van der Waals surface area contributed by atoms with Gasteiger partial charge in [-0.15, -0.1) is 0 Å². The van der Waals surface area contributed by atoms with Crippen LogP contribution in [0.3, 0.4) is 0 Å². The molecule has 3 heterocycles. The normalized spacial score (nSPS) is 14.7. The number of hydrogen-bond acceptors (Lipinski definition) is 10. The van der Waals surface area contributed by atoms with E-state index in [9.17, 15) is 14.4 Å². The molecule has 0 saturated heterocycles. The number of methoxy groups -OCH3 is 3. The van der Waals surface area contributed by atoms with Crippen molar-refractivity contribution in [3.05, 3.63) is 102 Å². The minimum atomic E-state index is -0.810. The van der Waals surface area contributed by atoms with Gasteiger partial charge in [0.2, 0.25) is 0 Å². The summed E-state index contributed by atoms with van der Waals surface area (Å²) in [5.74, 6) is 0.905. The fourth-order valence-electron chi connectivity index (χ4n) is 4.76. The zero-order valence-electron chi connectivity index (χ0n) is 23.6. The molecule has 2 aromatic heterocycles. The third-order valence-corrected chi connectivity index (χ3v) is 7.69. The standard InChI is InChI=1S/C31H28N2O8S/c1-6-40-30(36)26-17(2)32-31-33(27(26)19-10-12-23(37-3)24(15-19)38-4)28(34)25(42-31)16-21-11-13-22(41-21)18-8-7-9-20(14-18)29(35)39-5/h7-16,27H,6H2,1-5H3/b25-16-. The van der Waals surface area contributed by atoms with Crippen LogP contribution in [0, 0.1) is 0 Å². The van der Waals surface area contributed by atoms with Crippen LogP contribution < -0.4 is 24.4 Å². The smallest absolute Gasteiger partial charge is 0.338 e. The summed E-state index contributed by atoms with van der Waals surface area (Å²) in [5, 5.41) is 0. The van der Waals surface area contributed by atoms with E-state index in [2.05, 4.69) is 4.99 Å². The Balaban J connectivity index is 1.62. The molecular formula is C31H28N2O8S. The SMILES string of the molecule is CCOC(=O)C1=C(C)N=c2s/c(=C\c3ccc(-c4cccc(C(=O)OC)c4)o3)c(=O)n2C1c1ccc(OC)c(OC)c1. The summed E-state index contributed by atoms with van der Waals surface area (Å²) in [6, 6.07) is 14.8. The van der Waals surface area contributed by atoms with Gasteiger partial charge >= 0.3 is 11.9 Å². The first kappa shape index (κ1) is 28.6. The van der Waals surface area contributed by atoms with E-state index >= 15 is 0 Å². The Morgan fingerprint density at radius 2 is 1.81 bits per heavy atom. The molecule has 0 N–H and O–H groups in total. The maximum Gasteiger partial charge on any atom is 0.338 e. The molecule has 0 amide bonds. The Kier molecular flexibility index (Phi) is 8.12. The minimum absolute atomic E-state index is 0.169. The summed E-state index contributed by atoms with van der Waals surface area (Å²) < 4.78 is 28.9. The molecule has 42 heavy (non-hydrogen) atoms. The van der Waals surface area contributed by atoms with Crippen LogP contribution in [0.2, 0.25) is 0 Å². The van der Waals surface area contributed by atoms with E-state index in [4.69, 9.17) is 23.4 Å². The van der Waals surface area contributed by atoms with Gasteiger partial charge in [-0.2, -0.15) is 0 Å². The molecule has 10 nitrogen and oxygen atoms in total. The zero-order chi connectivity index (χ0) is 30.0. The number of carbonyl (C=O) groups is 2. The number of fused-ring (bicyclic) bond motifs is 1. The van der Waals surface area contributed by atoms with E-state index in [0.717, 1.165) is 0 Å². The van der Waals surface area contributed by atoms with Crippen LogP contribution in [0.15, 0.2) is 80.1 Å². The second-order valence-electron chi connectivity index (χ2n) is 9.19.